The number of thiophene rings is 1. The van der Waals surface area contributed by atoms with Crippen molar-refractivity contribution in [3.8, 4) is 0 Å². The third-order valence-electron chi connectivity index (χ3n) is 4.05. The molecule has 1 amide bonds. The molecule has 3 rings (SSSR count). The van der Waals surface area contributed by atoms with Crippen molar-refractivity contribution in [3.05, 3.63) is 38.5 Å². The van der Waals surface area contributed by atoms with E-state index in [1.54, 1.807) is 11.3 Å². The zero-order valence-electron chi connectivity index (χ0n) is 13.0. The first-order valence-corrected chi connectivity index (χ1v) is 9.74. The van der Waals surface area contributed by atoms with Gasteiger partial charge in [0.1, 0.15) is 5.69 Å². The van der Waals surface area contributed by atoms with E-state index in [0.29, 0.717) is 18.8 Å². The van der Waals surface area contributed by atoms with Gasteiger partial charge in [-0.15, -0.1) is 22.7 Å². The summed E-state index contributed by atoms with van der Waals surface area (Å²) in [6, 6.07) is 4.50. The maximum atomic E-state index is 12.3. The van der Waals surface area contributed by atoms with Gasteiger partial charge in [-0.3, -0.25) is 9.69 Å². The van der Waals surface area contributed by atoms with Gasteiger partial charge in [0.15, 0.2) is 0 Å². The van der Waals surface area contributed by atoms with Gasteiger partial charge in [0.05, 0.1) is 11.0 Å². The lowest BCUT2D eigenvalue weighted by atomic mass is 10.2. The van der Waals surface area contributed by atoms with Crippen LogP contribution in [0.5, 0.6) is 0 Å². The number of aromatic nitrogens is 1. The monoisotopic (exact) mass is 350 g/mol. The molecule has 1 saturated heterocycles. The first-order chi connectivity index (χ1) is 11.3. The van der Waals surface area contributed by atoms with E-state index in [2.05, 4.69) is 32.7 Å². The Bertz CT molecular complexity index is 620. The van der Waals surface area contributed by atoms with Crippen molar-refractivity contribution in [2.75, 3.05) is 26.2 Å². The van der Waals surface area contributed by atoms with Crippen molar-refractivity contribution in [1.29, 1.82) is 0 Å². The second-order valence-electron chi connectivity index (χ2n) is 5.65. The average Bonchev–Trinajstić information content (AvgIpc) is 3.30. The van der Waals surface area contributed by atoms with Crippen molar-refractivity contribution in [1.82, 2.24) is 15.2 Å². The van der Waals surface area contributed by atoms with E-state index < -0.39 is 0 Å². The Morgan fingerprint density at radius 3 is 2.91 bits per heavy atom. The lowest BCUT2D eigenvalue weighted by Gasteiger charge is -2.26. The van der Waals surface area contributed by atoms with E-state index in [1.165, 1.54) is 29.1 Å². The number of nitrogens with one attached hydrogen (secondary N) is 1. The van der Waals surface area contributed by atoms with Crippen LogP contribution >= 0.6 is 22.7 Å². The van der Waals surface area contributed by atoms with Crippen molar-refractivity contribution in [2.45, 2.75) is 25.3 Å². The Kier molecular flexibility index (Phi) is 5.77. The molecule has 0 spiro atoms. The maximum absolute atomic E-state index is 12.3. The number of rotatable bonds is 7. The van der Waals surface area contributed by atoms with Crippen molar-refractivity contribution < 1.29 is 4.79 Å². The van der Waals surface area contributed by atoms with Gasteiger partial charge in [-0.2, -0.15) is 0 Å². The molecule has 7 heteroatoms. The predicted molar refractivity (Wildman–Crippen MR) is 95.1 cm³/mol. The highest BCUT2D eigenvalue weighted by Crippen LogP contribution is 2.27. The molecule has 0 bridgehead atoms. The molecule has 1 aliphatic heterocycles. The van der Waals surface area contributed by atoms with E-state index in [9.17, 15) is 4.79 Å². The zero-order chi connectivity index (χ0) is 16.1. The van der Waals surface area contributed by atoms with Crippen LogP contribution in [0.25, 0.3) is 0 Å². The average molecular weight is 351 g/mol. The van der Waals surface area contributed by atoms with Gasteiger partial charge in [0, 0.05) is 23.2 Å². The summed E-state index contributed by atoms with van der Waals surface area (Å²) in [4.78, 5) is 20.5. The summed E-state index contributed by atoms with van der Waals surface area (Å²) in [5, 5.41) is 7.89. The Morgan fingerprint density at radius 2 is 2.22 bits per heavy atom. The van der Waals surface area contributed by atoms with E-state index in [4.69, 9.17) is 5.73 Å². The topological polar surface area (TPSA) is 71.2 Å². The number of likely N-dealkylation sites (tertiary alicyclic amines) is 1. The first-order valence-electron chi connectivity index (χ1n) is 7.98. The van der Waals surface area contributed by atoms with Crippen LogP contribution in [0.3, 0.4) is 0 Å². The van der Waals surface area contributed by atoms with E-state index >= 15 is 0 Å². The minimum absolute atomic E-state index is 0.0923. The second-order valence-corrected chi connectivity index (χ2v) is 7.57. The summed E-state index contributed by atoms with van der Waals surface area (Å²) in [5.74, 6) is -0.0923. The molecule has 1 fully saturated rings. The molecule has 0 radical (unpaired) electrons. The fraction of sp³-hybridized carbons (Fsp3) is 0.500. The Morgan fingerprint density at radius 1 is 1.39 bits per heavy atom. The largest absolute Gasteiger partial charge is 0.349 e. The molecule has 2 aromatic rings. The van der Waals surface area contributed by atoms with Crippen LogP contribution < -0.4 is 11.1 Å². The van der Waals surface area contributed by atoms with Crippen molar-refractivity contribution in [3.63, 3.8) is 0 Å². The van der Waals surface area contributed by atoms with Crippen LogP contribution in [-0.2, 0) is 6.42 Å². The van der Waals surface area contributed by atoms with Gasteiger partial charge in [0.2, 0.25) is 0 Å². The summed E-state index contributed by atoms with van der Waals surface area (Å²) < 4.78 is 0. The first kappa shape index (κ1) is 16.6. The number of nitrogens with zero attached hydrogens (tertiary/aromatic N) is 2. The molecule has 1 unspecified atom stereocenters. The molecular formula is C16H22N4OS2. The SMILES string of the molecule is NCCc1nc(C(=O)NCC(c2cccs2)N2CCCC2)cs1. The van der Waals surface area contributed by atoms with Crippen LogP contribution in [0.15, 0.2) is 22.9 Å². The summed E-state index contributed by atoms with van der Waals surface area (Å²) in [7, 11) is 0. The number of carbonyl (C=O) groups excluding carboxylic acids is 1. The minimum Gasteiger partial charge on any atom is -0.349 e. The number of amides is 1. The quantitative estimate of drug-likeness (QED) is 0.804. The van der Waals surface area contributed by atoms with Crippen LogP contribution in [0, 0.1) is 0 Å². The smallest absolute Gasteiger partial charge is 0.270 e. The molecule has 1 aliphatic rings. The normalized spacial score (nSPS) is 16.6. The predicted octanol–water partition coefficient (Wildman–Crippen LogP) is 2.27. The Labute approximate surface area is 144 Å². The molecule has 3 N–H and O–H groups in total. The van der Waals surface area contributed by atoms with Gasteiger partial charge >= 0.3 is 0 Å². The Hall–Kier alpha value is -1.28. The van der Waals surface area contributed by atoms with Crippen molar-refractivity contribution >= 4 is 28.6 Å². The van der Waals surface area contributed by atoms with Gasteiger partial charge in [-0.25, -0.2) is 4.98 Å². The fourth-order valence-corrected chi connectivity index (χ4v) is 4.53. The number of nitrogens with two attached hydrogens (primary N) is 1. The molecule has 0 aliphatic carbocycles. The molecular weight excluding hydrogens is 328 g/mol. The zero-order valence-corrected chi connectivity index (χ0v) is 14.7. The number of hydrogen-bond acceptors (Lipinski definition) is 6. The van der Waals surface area contributed by atoms with Gasteiger partial charge in [-0.1, -0.05) is 6.07 Å². The second kappa shape index (κ2) is 8.01. The van der Waals surface area contributed by atoms with Gasteiger partial charge in [-0.05, 0) is 43.9 Å². The maximum Gasteiger partial charge on any atom is 0.270 e. The number of carbonyl (C=O) groups is 1. The van der Waals surface area contributed by atoms with Gasteiger partial charge in [0.25, 0.3) is 5.91 Å². The number of thiazole rings is 1. The number of hydrogen-bond donors (Lipinski definition) is 2. The van der Waals surface area contributed by atoms with E-state index in [-0.39, 0.29) is 11.9 Å². The lowest BCUT2D eigenvalue weighted by molar-refractivity contribution is 0.0934. The third-order valence-corrected chi connectivity index (χ3v) is 5.93. The summed E-state index contributed by atoms with van der Waals surface area (Å²) >= 11 is 3.26. The van der Waals surface area contributed by atoms with Crippen LogP contribution in [0.1, 0.15) is 39.3 Å². The molecule has 124 valence electrons. The highest BCUT2D eigenvalue weighted by Gasteiger charge is 2.25. The molecule has 23 heavy (non-hydrogen) atoms. The Balaban J connectivity index is 1.62. The van der Waals surface area contributed by atoms with Crippen LogP contribution in [0.2, 0.25) is 0 Å². The van der Waals surface area contributed by atoms with E-state index in [1.807, 2.05) is 5.38 Å². The highest BCUT2D eigenvalue weighted by atomic mass is 32.1. The molecule has 1 atom stereocenters. The van der Waals surface area contributed by atoms with Crippen LogP contribution in [0.4, 0.5) is 0 Å². The standard InChI is InChI=1S/C16H22N4OS2/c17-6-5-15-19-12(11-23-15)16(21)18-10-13(14-4-3-9-22-14)20-7-1-2-8-20/h3-4,9,11,13H,1-2,5-8,10,17H2,(H,18,21). The molecule has 5 nitrogen and oxygen atoms in total. The van der Waals surface area contributed by atoms with Crippen molar-refractivity contribution in [2.24, 2.45) is 5.73 Å². The van der Waals surface area contributed by atoms with E-state index in [0.717, 1.165) is 24.5 Å². The summed E-state index contributed by atoms with van der Waals surface area (Å²) in [6.45, 7) is 3.40. The molecule has 2 aromatic heterocycles. The molecule has 0 aromatic carbocycles. The molecule has 3 heterocycles. The summed E-state index contributed by atoms with van der Waals surface area (Å²) in [6.07, 6.45) is 3.21. The molecule has 0 saturated carbocycles. The highest BCUT2D eigenvalue weighted by molar-refractivity contribution is 7.10. The fourth-order valence-electron chi connectivity index (χ4n) is 2.88. The summed E-state index contributed by atoms with van der Waals surface area (Å²) in [5.41, 5.74) is 6.03. The third kappa shape index (κ3) is 4.17. The lowest BCUT2D eigenvalue weighted by Crippen LogP contribution is -2.36. The van der Waals surface area contributed by atoms with Crippen LogP contribution in [-0.4, -0.2) is 42.0 Å². The minimum atomic E-state index is -0.0923. The van der Waals surface area contributed by atoms with Gasteiger partial charge < -0.3 is 11.1 Å².